The van der Waals surface area contributed by atoms with E-state index in [4.69, 9.17) is 10.5 Å². The average Bonchev–Trinajstić information content (AvgIpc) is 2.60. The molecule has 0 fully saturated rings. The van der Waals surface area contributed by atoms with Crippen molar-refractivity contribution in [1.82, 2.24) is 0 Å². The first-order chi connectivity index (χ1) is 7.17. The van der Waals surface area contributed by atoms with Crippen LogP contribution in [0.2, 0.25) is 0 Å². The number of thiophene rings is 1. The van der Waals surface area contributed by atoms with Gasteiger partial charge in [0.1, 0.15) is 0 Å². The maximum Gasteiger partial charge on any atom is 0.0725 e. The van der Waals surface area contributed by atoms with Crippen molar-refractivity contribution in [2.45, 2.75) is 38.3 Å². The van der Waals surface area contributed by atoms with E-state index < -0.39 is 0 Å². The first-order valence-electron chi connectivity index (χ1n) is 5.18. The van der Waals surface area contributed by atoms with E-state index in [9.17, 15) is 0 Å². The summed E-state index contributed by atoms with van der Waals surface area (Å²) in [5, 5.41) is 2.09. The fourth-order valence-electron chi connectivity index (χ4n) is 1.62. The van der Waals surface area contributed by atoms with Gasteiger partial charge in [0, 0.05) is 27.9 Å². The third kappa shape index (κ3) is 4.23. The fraction of sp³-hybridized carbons (Fsp3) is 0.636. The number of ether oxygens (including phenoxy) is 1. The molecule has 0 radical (unpaired) electrons. The van der Waals surface area contributed by atoms with Gasteiger partial charge in [-0.2, -0.15) is 0 Å². The summed E-state index contributed by atoms with van der Waals surface area (Å²) in [5.41, 5.74) is 6.12. The van der Waals surface area contributed by atoms with Crippen LogP contribution in [0.15, 0.2) is 15.9 Å². The van der Waals surface area contributed by atoms with Crippen molar-refractivity contribution >= 4 is 27.3 Å². The van der Waals surface area contributed by atoms with Gasteiger partial charge in [0.05, 0.1) is 6.10 Å². The molecule has 0 aromatic carbocycles. The molecule has 4 heteroatoms. The van der Waals surface area contributed by atoms with E-state index in [1.807, 2.05) is 0 Å². The molecule has 0 aliphatic heterocycles. The molecular weight excluding hydrogens is 274 g/mol. The van der Waals surface area contributed by atoms with Gasteiger partial charge in [0.25, 0.3) is 0 Å². The van der Waals surface area contributed by atoms with Crippen LogP contribution in [0.3, 0.4) is 0 Å². The zero-order valence-corrected chi connectivity index (χ0v) is 11.6. The van der Waals surface area contributed by atoms with Crippen LogP contribution in [0.5, 0.6) is 0 Å². The Morgan fingerprint density at radius 1 is 1.60 bits per heavy atom. The van der Waals surface area contributed by atoms with Crippen molar-refractivity contribution in [3.8, 4) is 0 Å². The predicted molar refractivity (Wildman–Crippen MR) is 69.4 cm³/mol. The van der Waals surface area contributed by atoms with Crippen molar-refractivity contribution in [1.29, 1.82) is 0 Å². The van der Waals surface area contributed by atoms with Crippen LogP contribution in [-0.4, -0.2) is 19.3 Å². The third-order valence-electron chi connectivity index (χ3n) is 2.41. The Balaban J connectivity index is 2.49. The van der Waals surface area contributed by atoms with E-state index >= 15 is 0 Å². The van der Waals surface area contributed by atoms with Crippen molar-refractivity contribution in [3.63, 3.8) is 0 Å². The lowest BCUT2D eigenvalue weighted by Gasteiger charge is -2.21. The van der Waals surface area contributed by atoms with Crippen LogP contribution in [0.25, 0.3) is 0 Å². The summed E-state index contributed by atoms with van der Waals surface area (Å²) in [4.78, 5) is 1.31. The highest BCUT2D eigenvalue weighted by Gasteiger charge is 2.17. The van der Waals surface area contributed by atoms with Crippen molar-refractivity contribution in [2.75, 3.05) is 7.11 Å². The van der Waals surface area contributed by atoms with Crippen LogP contribution in [-0.2, 0) is 11.2 Å². The Morgan fingerprint density at radius 2 is 2.33 bits per heavy atom. The Labute approximate surface area is 104 Å². The molecule has 1 rings (SSSR count). The lowest BCUT2D eigenvalue weighted by molar-refractivity contribution is 0.0729. The standard InChI is InChI=1S/C11H18BrNOS/c1-3-4-11(14-2)10(13)6-9-5-8(12)7-15-9/h5,7,10-11H,3-4,6,13H2,1-2H3. The molecule has 0 amide bonds. The lowest BCUT2D eigenvalue weighted by Crippen LogP contribution is -2.37. The van der Waals surface area contributed by atoms with Gasteiger partial charge in [-0.25, -0.2) is 0 Å². The van der Waals surface area contributed by atoms with E-state index in [1.54, 1.807) is 18.4 Å². The molecule has 0 aliphatic carbocycles. The zero-order valence-electron chi connectivity index (χ0n) is 9.20. The van der Waals surface area contributed by atoms with Gasteiger partial charge in [0.15, 0.2) is 0 Å². The fourth-order valence-corrected chi connectivity index (χ4v) is 3.14. The Bertz CT molecular complexity index is 290. The van der Waals surface area contributed by atoms with Gasteiger partial charge in [-0.1, -0.05) is 13.3 Å². The smallest absolute Gasteiger partial charge is 0.0725 e. The highest BCUT2D eigenvalue weighted by atomic mass is 79.9. The number of hydrogen-bond acceptors (Lipinski definition) is 3. The minimum absolute atomic E-state index is 0.0977. The number of hydrogen-bond donors (Lipinski definition) is 1. The average molecular weight is 292 g/mol. The first-order valence-corrected chi connectivity index (χ1v) is 6.86. The summed E-state index contributed by atoms with van der Waals surface area (Å²) >= 11 is 5.19. The van der Waals surface area contributed by atoms with Crippen molar-refractivity contribution in [2.24, 2.45) is 5.73 Å². The van der Waals surface area contributed by atoms with E-state index in [-0.39, 0.29) is 12.1 Å². The number of nitrogens with two attached hydrogens (primary N) is 1. The summed E-state index contributed by atoms with van der Waals surface area (Å²) in [6, 6.07) is 2.23. The van der Waals surface area contributed by atoms with Crippen LogP contribution in [0.1, 0.15) is 24.6 Å². The second kappa shape index (κ2) is 6.63. The van der Waals surface area contributed by atoms with Crippen molar-refractivity contribution in [3.05, 3.63) is 20.8 Å². The monoisotopic (exact) mass is 291 g/mol. The summed E-state index contributed by atoms with van der Waals surface area (Å²) in [6.07, 6.45) is 3.22. The highest BCUT2D eigenvalue weighted by molar-refractivity contribution is 9.10. The summed E-state index contributed by atoms with van der Waals surface area (Å²) in [6.45, 7) is 2.15. The van der Waals surface area contributed by atoms with E-state index in [0.29, 0.717) is 0 Å². The first kappa shape index (κ1) is 13.2. The SMILES string of the molecule is CCCC(OC)C(N)Cc1cc(Br)cs1. The summed E-state index contributed by atoms with van der Waals surface area (Å²) < 4.78 is 6.54. The predicted octanol–water partition coefficient (Wildman–Crippen LogP) is 3.20. The van der Waals surface area contributed by atoms with E-state index in [1.165, 1.54) is 4.88 Å². The Hall–Kier alpha value is 0.1000. The minimum atomic E-state index is 0.0977. The van der Waals surface area contributed by atoms with Crippen LogP contribution >= 0.6 is 27.3 Å². The maximum absolute atomic E-state index is 6.12. The molecule has 0 saturated heterocycles. The van der Waals surface area contributed by atoms with Crippen LogP contribution in [0.4, 0.5) is 0 Å². The van der Waals surface area contributed by atoms with Crippen LogP contribution < -0.4 is 5.73 Å². The summed E-state index contributed by atoms with van der Waals surface area (Å²) in [7, 11) is 1.74. The zero-order chi connectivity index (χ0) is 11.3. The summed E-state index contributed by atoms with van der Waals surface area (Å²) in [5.74, 6) is 0. The second-order valence-electron chi connectivity index (χ2n) is 3.66. The molecule has 2 N–H and O–H groups in total. The molecular formula is C11H18BrNOS. The topological polar surface area (TPSA) is 35.2 Å². The molecule has 86 valence electrons. The molecule has 2 unspecified atom stereocenters. The molecule has 1 aromatic heterocycles. The number of halogens is 1. The third-order valence-corrected chi connectivity index (χ3v) is 4.13. The lowest BCUT2D eigenvalue weighted by atomic mass is 10.0. The highest BCUT2D eigenvalue weighted by Crippen LogP contribution is 2.22. The normalized spacial score (nSPS) is 15.2. The molecule has 2 nitrogen and oxygen atoms in total. The largest absolute Gasteiger partial charge is 0.380 e. The van der Waals surface area contributed by atoms with E-state index in [0.717, 1.165) is 23.7 Å². The van der Waals surface area contributed by atoms with E-state index in [2.05, 4.69) is 34.3 Å². The number of methoxy groups -OCH3 is 1. The minimum Gasteiger partial charge on any atom is -0.380 e. The molecule has 0 saturated carbocycles. The molecule has 1 aromatic rings. The van der Waals surface area contributed by atoms with Gasteiger partial charge in [-0.05, 0) is 34.8 Å². The molecule has 1 heterocycles. The molecule has 2 atom stereocenters. The quantitative estimate of drug-likeness (QED) is 0.874. The number of rotatable bonds is 6. The van der Waals surface area contributed by atoms with Crippen LogP contribution in [0, 0.1) is 0 Å². The molecule has 0 bridgehead atoms. The van der Waals surface area contributed by atoms with Gasteiger partial charge in [-0.15, -0.1) is 11.3 Å². The van der Waals surface area contributed by atoms with Crippen molar-refractivity contribution < 1.29 is 4.74 Å². The van der Waals surface area contributed by atoms with Gasteiger partial charge in [-0.3, -0.25) is 0 Å². The molecule has 15 heavy (non-hydrogen) atoms. The molecule has 0 spiro atoms. The maximum atomic E-state index is 6.12. The molecule has 0 aliphatic rings. The van der Waals surface area contributed by atoms with Gasteiger partial charge < -0.3 is 10.5 Å². The van der Waals surface area contributed by atoms with Gasteiger partial charge >= 0.3 is 0 Å². The Kier molecular flexibility index (Phi) is 5.82. The Morgan fingerprint density at radius 3 is 2.80 bits per heavy atom. The second-order valence-corrected chi connectivity index (χ2v) is 5.57. The van der Waals surface area contributed by atoms with Gasteiger partial charge in [0.2, 0.25) is 0 Å².